The van der Waals surface area contributed by atoms with Gasteiger partial charge in [0.15, 0.2) is 5.76 Å². The first kappa shape index (κ1) is 15.2. The Morgan fingerprint density at radius 1 is 1.14 bits per heavy atom. The average Bonchev–Trinajstić information content (AvgIpc) is 3.01. The van der Waals surface area contributed by atoms with Crippen LogP contribution in [0.1, 0.15) is 21.7 Å². The molecule has 2 rings (SSSR count). The smallest absolute Gasteiger partial charge is 0.305 e. The summed E-state index contributed by atoms with van der Waals surface area (Å²) in [5.74, 6) is 0.443. The predicted molar refractivity (Wildman–Crippen MR) is 81.7 cm³/mol. The Hall–Kier alpha value is -2.21. The van der Waals surface area contributed by atoms with Crippen LogP contribution in [0, 0.1) is 6.92 Å². The standard InChI is InChI=1S/C15H16N2O3S/c1-11-4-6-12(7-5-11)9-21-10-14(18)16-17-15(19)13-3-2-8-20-13/h2-8H,9-10H2,1H3,(H,16,18)(H,17,19). The second-order valence-corrected chi connectivity index (χ2v) is 5.44. The molecule has 0 aliphatic heterocycles. The zero-order valence-electron chi connectivity index (χ0n) is 11.6. The van der Waals surface area contributed by atoms with Gasteiger partial charge in [0, 0.05) is 5.75 Å². The molecule has 110 valence electrons. The van der Waals surface area contributed by atoms with Gasteiger partial charge in [0.2, 0.25) is 5.91 Å². The average molecular weight is 304 g/mol. The Kier molecular flexibility index (Phi) is 5.45. The summed E-state index contributed by atoms with van der Waals surface area (Å²) in [4.78, 5) is 23.1. The number of benzene rings is 1. The maximum Gasteiger partial charge on any atom is 0.305 e. The van der Waals surface area contributed by atoms with Gasteiger partial charge in [-0.05, 0) is 24.6 Å². The van der Waals surface area contributed by atoms with E-state index in [1.165, 1.54) is 29.7 Å². The molecular weight excluding hydrogens is 288 g/mol. The van der Waals surface area contributed by atoms with Crippen LogP contribution in [0.25, 0.3) is 0 Å². The van der Waals surface area contributed by atoms with Crippen molar-refractivity contribution in [1.29, 1.82) is 0 Å². The second-order valence-electron chi connectivity index (χ2n) is 4.46. The molecular formula is C15H16N2O3S. The van der Waals surface area contributed by atoms with Crippen molar-refractivity contribution >= 4 is 23.6 Å². The van der Waals surface area contributed by atoms with E-state index in [-0.39, 0.29) is 17.4 Å². The Labute approximate surface area is 127 Å². The van der Waals surface area contributed by atoms with Gasteiger partial charge in [-0.2, -0.15) is 0 Å². The van der Waals surface area contributed by atoms with Crippen LogP contribution in [0.3, 0.4) is 0 Å². The molecule has 0 aliphatic carbocycles. The highest BCUT2D eigenvalue weighted by Gasteiger charge is 2.09. The summed E-state index contributed by atoms with van der Waals surface area (Å²) in [6, 6.07) is 11.3. The molecule has 0 saturated heterocycles. The predicted octanol–water partition coefficient (Wildman–Crippen LogP) is 2.28. The lowest BCUT2D eigenvalue weighted by atomic mass is 10.2. The van der Waals surface area contributed by atoms with E-state index in [2.05, 4.69) is 10.9 Å². The van der Waals surface area contributed by atoms with Gasteiger partial charge in [0.25, 0.3) is 0 Å². The van der Waals surface area contributed by atoms with Crippen molar-refractivity contribution in [2.75, 3.05) is 5.75 Å². The molecule has 0 aliphatic rings. The van der Waals surface area contributed by atoms with Crippen LogP contribution in [0.2, 0.25) is 0 Å². The van der Waals surface area contributed by atoms with Gasteiger partial charge < -0.3 is 4.42 Å². The van der Waals surface area contributed by atoms with Gasteiger partial charge >= 0.3 is 5.91 Å². The Morgan fingerprint density at radius 3 is 2.57 bits per heavy atom. The summed E-state index contributed by atoms with van der Waals surface area (Å²) in [6.07, 6.45) is 1.40. The molecule has 0 radical (unpaired) electrons. The molecule has 0 saturated carbocycles. The third-order valence-corrected chi connectivity index (χ3v) is 3.69. The molecule has 6 heteroatoms. The van der Waals surface area contributed by atoms with E-state index >= 15 is 0 Å². The number of thioether (sulfide) groups is 1. The summed E-state index contributed by atoms with van der Waals surface area (Å²) in [5, 5.41) is 0. The minimum atomic E-state index is -0.475. The van der Waals surface area contributed by atoms with Crippen molar-refractivity contribution in [2.24, 2.45) is 0 Å². The number of hydrazine groups is 1. The fourth-order valence-electron chi connectivity index (χ4n) is 1.58. The number of rotatable bonds is 5. The van der Waals surface area contributed by atoms with E-state index in [9.17, 15) is 9.59 Å². The maximum atomic E-state index is 11.6. The van der Waals surface area contributed by atoms with E-state index in [4.69, 9.17) is 4.42 Å². The summed E-state index contributed by atoms with van der Waals surface area (Å²) in [7, 11) is 0. The monoisotopic (exact) mass is 304 g/mol. The fourth-order valence-corrected chi connectivity index (χ4v) is 2.37. The largest absolute Gasteiger partial charge is 0.459 e. The number of carbonyl (C=O) groups is 2. The number of aryl methyl sites for hydroxylation is 1. The summed E-state index contributed by atoms with van der Waals surface area (Å²) < 4.78 is 4.91. The fraction of sp³-hybridized carbons (Fsp3) is 0.200. The SMILES string of the molecule is Cc1ccc(CSCC(=O)NNC(=O)c2ccco2)cc1. The molecule has 0 bridgehead atoms. The maximum absolute atomic E-state index is 11.6. The van der Waals surface area contributed by atoms with Gasteiger partial charge in [-0.1, -0.05) is 29.8 Å². The molecule has 2 amide bonds. The molecule has 0 fully saturated rings. The number of furan rings is 1. The van der Waals surface area contributed by atoms with E-state index in [0.29, 0.717) is 0 Å². The van der Waals surface area contributed by atoms with Crippen LogP contribution in [-0.2, 0) is 10.5 Å². The number of amides is 2. The van der Waals surface area contributed by atoms with Crippen LogP contribution < -0.4 is 10.9 Å². The van der Waals surface area contributed by atoms with Crippen LogP contribution in [-0.4, -0.2) is 17.6 Å². The zero-order valence-corrected chi connectivity index (χ0v) is 12.4. The second kappa shape index (κ2) is 7.54. The minimum absolute atomic E-state index is 0.155. The van der Waals surface area contributed by atoms with Gasteiger partial charge in [-0.3, -0.25) is 20.4 Å². The summed E-state index contributed by atoms with van der Waals surface area (Å²) in [6.45, 7) is 2.03. The lowest BCUT2D eigenvalue weighted by Gasteiger charge is -2.06. The highest BCUT2D eigenvalue weighted by molar-refractivity contribution is 7.99. The number of hydrogen-bond acceptors (Lipinski definition) is 4. The van der Waals surface area contributed by atoms with E-state index in [1.807, 2.05) is 31.2 Å². The van der Waals surface area contributed by atoms with Crippen molar-refractivity contribution in [3.05, 3.63) is 59.5 Å². The van der Waals surface area contributed by atoms with Crippen molar-refractivity contribution in [1.82, 2.24) is 10.9 Å². The van der Waals surface area contributed by atoms with Crippen LogP contribution in [0.15, 0.2) is 47.1 Å². The summed E-state index contributed by atoms with van der Waals surface area (Å²) >= 11 is 1.48. The Balaban J connectivity index is 1.66. The first-order chi connectivity index (χ1) is 10.1. The van der Waals surface area contributed by atoms with Crippen molar-refractivity contribution in [3.8, 4) is 0 Å². The van der Waals surface area contributed by atoms with Gasteiger partial charge in [0.05, 0.1) is 12.0 Å². The van der Waals surface area contributed by atoms with Crippen LogP contribution in [0.4, 0.5) is 0 Å². The molecule has 1 heterocycles. The lowest BCUT2D eigenvalue weighted by Crippen LogP contribution is -2.42. The number of hydrogen-bond donors (Lipinski definition) is 2. The normalized spacial score (nSPS) is 10.1. The molecule has 0 unspecified atom stereocenters. The molecule has 0 spiro atoms. The van der Waals surface area contributed by atoms with E-state index in [1.54, 1.807) is 6.07 Å². The Morgan fingerprint density at radius 2 is 1.90 bits per heavy atom. The highest BCUT2D eigenvalue weighted by atomic mass is 32.2. The number of nitrogens with one attached hydrogen (secondary N) is 2. The quantitative estimate of drug-likeness (QED) is 0.831. The van der Waals surface area contributed by atoms with Crippen molar-refractivity contribution in [3.63, 3.8) is 0 Å². The first-order valence-corrected chi connectivity index (χ1v) is 7.56. The number of carbonyl (C=O) groups excluding carboxylic acids is 2. The highest BCUT2D eigenvalue weighted by Crippen LogP contribution is 2.12. The van der Waals surface area contributed by atoms with Gasteiger partial charge in [0.1, 0.15) is 0 Å². The van der Waals surface area contributed by atoms with Gasteiger partial charge in [-0.25, -0.2) is 0 Å². The first-order valence-electron chi connectivity index (χ1n) is 6.41. The zero-order chi connectivity index (χ0) is 15.1. The summed E-state index contributed by atoms with van der Waals surface area (Å²) in [5.41, 5.74) is 7.02. The molecule has 2 aromatic rings. The third-order valence-electron chi connectivity index (χ3n) is 2.68. The van der Waals surface area contributed by atoms with Crippen molar-refractivity contribution < 1.29 is 14.0 Å². The molecule has 0 atom stereocenters. The molecule has 2 N–H and O–H groups in total. The minimum Gasteiger partial charge on any atom is -0.459 e. The van der Waals surface area contributed by atoms with E-state index < -0.39 is 5.91 Å². The Bertz CT molecular complexity index is 594. The van der Waals surface area contributed by atoms with Gasteiger partial charge in [-0.15, -0.1) is 11.8 Å². The topological polar surface area (TPSA) is 71.3 Å². The molecule has 1 aromatic heterocycles. The molecule has 1 aromatic carbocycles. The third kappa shape index (κ3) is 5.00. The van der Waals surface area contributed by atoms with Crippen LogP contribution >= 0.6 is 11.8 Å². The van der Waals surface area contributed by atoms with E-state index in [0.717, 1.165) is 11.3 Å². The van der Waals surface area contributed by atoms with Crippen molar-refractivity contribution in [2.45, 2.75) is 12.7 Å². The molecule has 21 heavy (non-hydrogen) atoms. The lowest BCUT2D eigenvalue weighted by molar-refractivity contribution is -0.119. The van der Waals surface area contributed by atoms with Crippen LogP contribution in [0.5, 0.6) is 0 Å². The molecule has 5 nitrogen and oxygen atoms in total.